The fraction of sp³-hybridized carbons (Fsp3) is 0.417. The van der Waals surface area contributed by atoms with Crippen LogP contribution in [0.5, 0.6) is 5.75 Å². The van der Waals surface area contributed by atoms with Gasteiger partial charge < -0.3 is 15.2 Å². The number of nitrogens with one attached hydrogen (secondary N) is 1. The quantitative estimate of drug-likeness (QED) is 0.681. The summed E-state index contributed by atoms with van der Waals surface area (Å²) in [4.78, 5) is 0. The Bertz CT molecular complexity index is 456. The molecule has 3 rings (SSSR count). The molecule has 0 aromatic heterocycles. The van der Waals surface area contributed by atoms with Gasteiger partial charge in [0, 0.05) is 6.42 Å². The molecule has 1 aromatic carbocycles. The molecule has 2 unspecified atom stereocenters. The number of anilines is 1. The number of rotatable bonds is 1. The van der Waals surface area contributed by atoms with E-state index in [4.69, 9.17) is 4.74 Å². The number of hydrogen-bond donors (Lipinski definition) is 2. The summed E-state index contributed by atoms with van der Waals surface area (Å²) in [6.07, 6.45) is 2.58. The van der Waals surface area contributed by atoms with Crippen molar-refractivity contribution in [3.63, 3.8) is 0 Å². The molecule has 0 spiro atoms. The first-order valence-corrected chi connectivity index (χ1v) is 5.52. The first-order valence-electron chi connectivity index (χ1n) is 5.52. The Balaban J connectivity index is 2.08. The van der Waals surface area contributed by atoms with Gasteiger partial charge in [-0.1, -0.05) is 6.07 Å². The first kappa shape index (κ1) is 9.66. The molecule has 0 bridgehead atoms. The highest BCUT2D eigenvalue weighted by Gasteiger charge is 2.40. The second kappa shape index (κ2) is 3.49. The van der Waals surface area contributed by atoms with Crippen LogP contribution in [0.4, 0.5) is 5.69 Å². The molecule has 2 heterocycles. The highest BCUT2D eigenvalue weighted by atomic mass is 16.5. The zero-order valence-corrected chi connectivity index (χ0v) is 9.18. The van der Waals surface area contributed by atoms with E-state index in [1.807, 2.05) is 18.2 Å². The summed E-state index contributed by atoms with van der Waals surface area (Å²) in [6, 6.07) is 5.95. The molecule has 84 valence electrons. The van der Waals surface area contributed by atoms with E-state index in [9.17, 15) is 5.11 Å². The summed E-state index contributed by atoms with van der Waals surface area (Å²) >= 11 is 0. The van der Waals surface area contributed by atoms with Gasteiger partial charge in [0.15, 0.2) is 6.21 Å². The zero-order valence-electron chi connectivity index (χ0n) is 9.18. The molecule has 4 heteroatoms. The van der Waals surface area contributed by atoms with Gasteiger partial charge in [-0.2, -0.15) is 0 Å². The van der Waals surface area contributed by atoms with Crippen LogP contribution < -0.4 is 10.1 Å². The SMILES string of the molecule is COc1cccc2c1NC1C(O)CC[N+]1=C2. The van der Waals surface area contributed by atoms with Crippen LogP contribution in [-0.2, 0) is 0 Å². The van der Waals surface area contributed by atoms with Crippen molar-refractivity contribution in [3.8, 4) is 5.75 Å². The number of fused-ring (bicyclic) bond motifs is 2. The minimum Gasteiger partial charge on any atom is -0.495 e. The van der Waals surface area contributed by atoms with Crippen LogP contribution >= 0.6 is 0 Å². The third kappa shape index (κ3) is 1.30. The summed E-state index contributed by atoms with van der Waals surface area (Å²) in [5.74, 6) is 0.826. The van der Waals surface area contributed by atoms with Gasteiger partial charge in [-0.3, -0.25) is 0 Å². The van der Waals surface area contributed by atoms with E-state index in [0.717, 1.165) is 30.0 Å². The predicted molar refractivity (Wildman–Crippen MR) is 61.3 cm³/mol. The molecule has 16 heavy (non-hydrogen) atoms. The van der Waals surface area contributed by atoms with Gasteiger partial charge in [0.2, 0.25) is 0 Å². The number of aliphatic hydroxyl groups excluding tert-OH is 1. The molecule has 0 saturated carbocycles. The molecule has 0 aliphatic carbocycles. The summed E-state index contributed by atoms with van der Waals surface area (Å²) in [5, 5.41) is 13.2. The smallest absolute Gasteiger partial charge is 0.252 e. The third-order valence-corrected chi connectivity index (χ3v) is 3.28. The van der Waals surface area contributed by atoms with Crippen molar-refractivity contribution in [1.29, 1.82) is 0 Å². The Morgan fingerprint density at radius 3 is 3.19 bits per heavy atom. The number of hydrogen-bond acceptors (Lipinski definition) is 3. The van der Waals surface area contributed by atoms with E-state index >= 15 is 0 Å². The average Bonchev–Trinajstić information content (AvgIpc) is 2.67. The van der Waals surface area contributed by atoms with E-state index in [2.05, 4.69) is 16.1 Å². The van der Waals surface area contributed by atoms with Gasteiger partial charge in [-0.15, -0.1) is 0 Å². The number of nitrogens with zero attached hydrogens (tertiary/aromatic N) is 1. The topological polar surface area (TPSA) is 44.5 Å². The highest BCUT2D eigenvalue weighted by Crippen LogP contribution is 2.32. The molecule has 0 radical (unpaired) electrons. The van der Waals surface area contributed by atoms with Crippen LogP contribution in [0, 0.1) is 0 Å². The molecule has 0 amide bonds. The molecule has 1 aromatic rings. The summed E-state index contributed by atoms with van der Waals surface area (Å²) < 4.78 is 7.46. The molecule has 2 atom stereocenters. The first-order chi connectivity index (χ1) is 7.79. The Hall–Kier alpha value is -1.55. The molecular formula is C12H15N2O2+. The van der Waals surface area contributed by atoms with Crippen molar-refractivity contribution in [2.75, 3.05) is 19.0 Å². The van der Waals surface area contributed by atoms with Gasteiger partial charge in [-0.05, 0) is 12.1 Å². The number of methoxy groups -OCH3 is 1. The van der Waals surface area contributed by atoms with Gasteiger partial charge in [-0.25, -0.2) is 4.58 Å². The Kier molecular flexibility index (Phi) is 2.11. The molecule has 4 nitrogen and oxygen atoms in total. The number of benzene rings is 1. The Morgan fingerprint density at radius 1 is 1.50 bits per heavy atom. The normalized spacial score (nSPS) is 26.5. The largest absolute Gasteiger partial charge is 0.495 e. The highest BCUT2D eigenvalue weighted by molar-refractivity contribution is 5.88. The van der Waals surface area contributed by atoms with Gasteiger partial charge in [0.1, 0.15) is 18.4 Å². The van der Waals surface area contributed by atoms with E-state index < -0.39 is 0 Å². The lowest BCUT2D eigenvalue weighted by atomic mass is 10.1. The number of ether oxygens (including phenoxy) is 1. The Labute approximate surface area is 94.2 Å². The van der Waals surface area contributed by atoms with E-state index in [1.54, 1.807) is 7.11 Å². The van der Waals surface area contributed by atoms with E-state index in [0.29, 0.717) is 0 Å². The van der Waals surface area contributed by atoms with Crippen LogP contribution in [0.15, 0.2) is 18.2 Å². The molecular weight excluding hydrogens is 204 g/mol. The van der Waals surface area contributed by atoms with Crippen LogP contribution in [0.2, 0.25) is 0 Å². The molecule has 2 aliphatic heterocycles. The molecule has 1 saturated heterocycles. The maximum Gasteiger partial charge on any atom is 0.252 e. The minimum atomic E-state index is -0.311. The standard InChI is InChI=1S/C12H14N2O2/c1-16-10-4-2-3-8-7-14-6-5-9(15)12(14)13-11(8)10/h2-4,7,9,12,15H,5-6H2,1H3/p+1. The summed E-state index contributed by atoms with van der Waals surface area (Å²) in [7, 11) is 1.66. The van der Waals surface area contributed by atoms with Gasteiger partial charge in [0.05, 0.1) is 18.4 Å². The van der Waals surface area contributed by atoms with Crippen molar-refractivity contribution in [2.45, 2.75) is 18.7 Å². The Morgan fingerprint density at radius 2 is 2.38 bits per heavy atom. The minimum absolute atomic E-state index is 0.0104. The van der Waals surface area contributed by atoms with Crippen molar-refractivity contribution >= 4 is 11.9 Å². The summed E-state index contributed by atoms with van der Waals surface area (Å²) in [6.45, 7) is 0.898. The monoisotopic (exact) mass is 219 g/mol. The lowest BCUT2D eigenvalue weighted by Crippen LogP contribution is -2.39. The fourth-order valence-electron chi connectivity index (χ4n) is 2.43. The number of para-hydroxylation sites is 1. The summed E-state index contributed by atoms with van der Waals surface area (Å²) in [5.41, 5.74) is 2.09. The average molecular weight is 219 g/mol. The van der Waals surface area contributed by atoms with E-state index in [-0.39, 0.29) is 12.3 Å². The van der Waals surface area contributed by atoms with Gasteiger partial charge >= 0.3 is 0 Å². The molecule has 2 N–H and O–H groups in total. The third-order valence-electron chi connectivity index (χ3n) is 3.28. The second-order valence-electron chi connectivity index (χ2n) is 4.24. The van der Waals surface area contributed by atoms with Crippen LogP contribution in [-0.4, -0.2) is 41.8 Å². The number of aliphatic hydroxyl groups is 1. The van der Waals surface area contributed by atoms with Crippen molar-refractivity contribution < 1.29 is 14.4 Å². The second-order valence-corrected chi connectivity index (χ2v) is 4.24. The molecule has 2 aliphatic rings. The van der Waals surface area contributed by atoms with Crippen molar-refractivity contribution in [3.05, 3.63) is 23.8 Å². The maximum atomic E-state index is 9.85. The van der Waals surface area contributed by atoms with Crippen LogP contribution in [0.1, 0.15) is 12.0 Å². The maximum absolute atomic E-state index is 9.85. The lowest BCUT2D eigenvalue weighted by molar-refractivity contribution is -0.538. The van der Waals surface area contributed by atoms with Crippen molar-refractivity contribution in [2.24, 2.45) is 0 Å². The van der Waals surface area contributed by atoms with Gasteiger partial charge in [0.25, 0.3) is 6.17 Å². The van der Waals surface area contributed by atoms with Crippen molar-refractivity contribution in [1.82, 2.24) is 0 Å². The van der Waals surface area contributed by atoms with E-state index in [1.165, 1.54) is 0 Å². The predicted octanol–water partition coefficient (Wildman–Crippen LogP) is 0.643. The lowest BCUT2D eigenvalue weighted by Gasteiger charge is -2.21. The molecule has 1 fully saturated rings. The zero-order chi connectivity index (χ0) is 11.1. The van der Waals surface area contributed by atoms with Crippen LogP contribution in [0.25, 0.3) is 0 Å². The van der Waals surface area contributed by atoms with Crippen LogP contribution in [0.3, 0.4) is 0 Å². The fourth-order valence-corrected chi connectivity index (χ4v) is 2.43.